The maximum absolute atomic E-state index is 5.21. The first-order chi connectivity index (χ1) is 8.50. The van der Waals surface area contributed by atoms with Gasteiger partial charge in [0.1, 0.15) is 0 Å². The second-order valence-corrected chi connectivity index (χ2v) is 5.21. The van der Waals surface area contributed by atoms with Gasteiger partial charge in [-0.1, -0.05) is 35.5 Å². The minimum atomic E-state index is -0.262. The van der Waals surface area contributed by atoms with Gasteiger partial charge in [-0.15, -0.1) is 0 Å². The van der Waals surface area contributed by atoms with Crippen molar-refractivity contribution < 1.29 is 4.52 Å². The molecule has 2 rings (SSSR count). The van der Waals surface area contributed by atoms with Gasteiger partial charge < -0.3 is 9.84 Å². The predicted octanol–water partition coefficient (Wildman–Crippen LogP) is 3.22. The number of rotatable bonds is 4. The van der Waals surface area contributed by atoms with Gasteiger partial charge in [-0.05, 0) is 33.3 Å². The summed E-state index contributed by atoms with van der Waals surface area (Å²) in [5.41, 5.74) is 0.906. The van der Waals surface area contributed by atoms with Crippen LogP contribution in [0.25, 0.3) is 0 Å². The van der Waals surface area contributed by atoms with E-state index in [-0.39, 0.29) is 11.5 Å². The Kier molecular flexibility index (Phi) is 3.36. The lowest BCUT2D eigenvalue weighted by molar-refractivity contribution is 0.406. The van der Waals surface area contributed by atoms with E-state index in [0.717, 1.165) is 0 Å². The third kappa shape index (κ3) is 2.53. The summed E-state index contributed by atoms with van der Waals surface area (Å²) in [6, 6.07) is 10.9. The summed E-state index contributed by atoms with van der Waals surface area (Å²) in [5.74, 6) is 0.692. The third-order valence-corrected chi connectivity index (χ3v) is 2.89. The zero-order valence-electron chi connectivity index (χ0n) is 11.3. The average Bonchev–Trinajstić information content (AvgIpc) is 2.78. The first-order valence-corrected chi connectivity index (χ1v) is 6.16. The molecule has 0 saturated heterocycles. The van der Waals surface area contributed by atoms with Gasteiger partial charge >= 0.3 is 6.01 Å². The molecule has 0 amide bonds. The minimum Gasteiger partial charge on any atom is -0.336 e. The molecule has 0 aliphatic heterocycles. The monoisotopic (exact) mass is 245 g/mol. The molecule has 96 valence electrons. The molecule has 0 fully saturated rings. The van der Waals surface area contributed by atoms with Crippen molar-refractivity contribution in [2.75, 3.05) is 5.32 Å². The minimum absolute atomic E-state index is 0.262. The van der Waals surface area contributed by atoms with Crippen LogP contribution in [0, 0.1) is 0 Å². The molecule has 1 N–H and O–H groups in total. The van der Waals surface area contributed by atoms with E-state index in [2.05, 4.69) is 41.4 Å². The van der Waals surface area contributed by atoms with Crippen molar-refractivity contribution in [3.05, 3.63) is 41.7 Å². The van der Waals surface area contributed by atoms with Gasteiger partial charge in [0.2, 0.25) is 0 Å². The second-order valence-electron chi connectivity index (χ2n) is 5.21. The van der Waals surface area contributed by atoms with Crippen molar-refractivity contribution in [2.24, 2.45) is 0 Å². The summed E-state index contributed by atoms with van der Waals surface area (Å²) in [7, 11) is 0. The fourth-order valence-electron chi connectivity index (χ4n) is 1.77. The molecule has 0 aliphatic rings. The van der Waals surface area contributed by atoms with E-state index in [1.54, 1.807) is 0 Å². The van der Waals surface area contributed by atoms with Crippen LogP contribution in [0.2, 0.25) is 0 Å². The molecule has 1 aromatic carbocycles. The van der Waals surface area contributed by atoms with E-state index >= 15 is 0 Å². The van der Waals surface area contributed by atoms with Gasteiger partial charge in [-0.2, -0.15) is 4.98 Å². The highest BCUT2D eigenvalue weighted by molar-refractivity contribution is 5.32. The number of aromatic nitrogens is 2. The Bertz CT molecular complexity index is 503. The summed E-state index contributed by atoms with van der Waals surface area (Å²) in [6.45, 7) is 8.25. The van der Waals surface area contributed by atoms with Gasteiger partial charge in [0.05, 0.1) is 5.41 Å². The van der Waals surface area contributed by atoms with E-state index in [1.165, 1.54) is 5.56 Å². The molecule has 1 aromatic heterocycles. The zero-order chi connectivity index (χ0) is 13.2. The molecule has 2 aromatic rings. The van der Waals surface area contributed by atoms with Crippen molar-refractivity contribution in [1.82, 2.24) is 10.1 Å². The fourth-order valence-corrected chi connectivity index (χ4v) is 1.77. The Hall–Kier alpha value is -1.84. The van der Waals surface area contributed by atoms with Crippen molar-refractivity contribution in [2.45, 2.75) is 39.2 Å². The van der Waals surface area contributed by atoms with E-state index in [9.17, 15) is 0 Å². The maximum Gasteiger partial charge on any atom is 0.321 e. The first kappa shape index (κ1) is 12.6. The fraction of sp³-hybridized carbons (Fsp3) is 0.429. The topological polar surface area (TPSA) is 51.0 Å². The van der Waals surface area contributed by atoms with Crippen molar-refractivity contribution in [1.29, 1.82) is 0 Å². The van der Waals surface area contributed by atoms with E-state index < -0.39 is 0 Å². The highest BCUT2D eigenvalue weighted by atomic mass is 16.5. The smallest absolute Gasteiger partial charge is 0.321 e. The highest BCUT2D eigenvalue weighted by Crippen LogP contribution is 2.29. The zero-order valence-corrected chi connectivity index (χ0v) is 11.3. The van der Waals surface area contributed by atoms with Crippen molar-refractivity contribution >= 4 is 6.01 Å². The molecular weight excluding hydrogens is 226 g/mol. The number of hydrogen-bond acceptors (Lipinski definition) is 4. The third-order valence-electron chi connectivity index (χ3n) is 2.89. The van der Waals surface area contributed by atoms with Crippen LogP contribution in [0.15, 0.2) is 34.9 Å². The molecule has 0 aliphatic carbocycles. The molecule has 0 spiro atoms. The van der Waals surface area contributed by atoms with Crippen LogP contribution in [0.3, 0.4) is 0 Å². The predicted molar refractivity (Wildman–Crippen MR) is 71.6 cm³/mol. The van der Waals surface area contributed by atoms with Crippen LogP contribution in [0.5, 0.6) is 0 Å². The van der Waals surface area contributed by atoms with E-state index in [1.807, 2.05) is 32.0 Å². The average molecular weight is 245 g/mol. The Morgan fingerprint density at radius 1 is 1.17 bits per heavy atom. The standard InChI is InChI=1S/C14H19N3O/c1-10(2)15-13-16-12(17-18-13)14(3,4)11-8-6-5-7-9-11/h5-10H,1-4H3,(H,15,16,17). The van der Waals surface area contributed by atoms with E-state index in [0.29, 0.717) is 11.8 Å². The van der Waals surface area contributed by atoms with Crippen LogP contribution >= 0.6 is 0 Å². The summed E-state index contributed by atoms with van der Waals surface area (Å²) in [4.78, 5) is 4.41. The summed E-state index contributed by atoms with van der Waals surface area (Å²) < 4.78 is 5.21. The van der Waals surface area contributed by atoms with Crippen LogP contribution < -0.4 is 5.32 Å². The number of nitrogens with one attached hydrogen (secondary N) is 1. The van der Waals surface area contributed by atoms with Gasteiger partial charge in [-0.25, -0.2) is 0 Å². The quantitative estimate of drug-likeness (QED) is 0.898. The van der Waals surface area contributed by atoms with E-state index in [4.69, 9.17) is 4.52 Å². The summed E-state index contributed by atoms with van der Waals surface area (Å²) in [5, 5.41) is 7.18. The Morgan fingerprint density at radius 3 is 2.44 bits per heavy atom. The van der Waals surface area contributed by atoms with Crippen molar-refractivity contribution in [3.8, 4) is 0 Å². The normalized spacial score (nSPS) is 11.8. The molecule has 4 heteroatoms. The van der Waals surface area contributed by atoms with Crippen LogP contribution in [0.4, 0.5) is 6.01 Å². The lowest BCUT2D eigenvalue weighted by Crippen LogP contribution is -2.20. The van der Waals surface area contributed by atoms with Gasteiger partial charge in [0, 0.05) is 6.04 Å². The summed E-state index contributed by atoms with van der Waals surface area (Å²) >= 11 is 0. The molecule has 4 nitrogen and oxygen atoms in total. The number of anilines is 1. The lowest BCUT2D eigenvalue weighted by Gasteiger charge is -2.20. The van der Waals surface area contributed by atoms with Gasteiger partial charge in [0.15, 0.2) is 5.82 Å². The Morgan fingerprint density at radius 2 is 1.83 bits per heavy atom. The Balaban J connectivity index is 2.27. The lowest BCUT2D eigenvalue weighted by atomic mass is 9.84. The molecule has 0 bridgehead atoms. The first-order valence-electron chi connectivity index (χ1n) is 6.16. The van der Waals surface area contributed by atoms with Crippen molar-refractivity contribution in [3.63, 3.8) is 0 Å². The molecule has 0 unspecified atom stereocenters. The molecule has 0 saturated carbocycles. The second kappa shape index (κ2) is 4.80. The van der Waals surface area contributed by atoms with Crippen LogP contribution in [-0.4, -0.2) is 16.2 Å². The molecule has 0 radical (unpaired) electrons. The molecular formula is C14H19N3O. The molecule has 18 heavy (non-hydrogen) atoms. The van der Waals surface area contributed by atoms with Gasteiger partial charge in [0.25, 0.3) is 0 Å². The molecule has 0 atom stereocenters. The van der Waals surface area contributed by atoms with Crippen LogP contribution in [-0.2, 0) is 5.41 Å². The molecule has 1 heterocycles. The number of nitrogens with zero attached hydrogens (tertiary/aromatic N) is 2. The number of benzene rings is 1. The number of hydrogen-bond donors (Lipinski definition) is 1. The summed E-state index contributed by atoms with van der Waals surface area (Å²) in [6.07, 6.45) is 0. The highest BCUT2D eigenvalue weighted by Gasteiger charge is 2.28. The van der Waals surface area contributed by atoms with Gasteiger partial charge in [-0.3, -0.25) is 0 Å². The Labute approximate surface area is 107 Å². The maximum atomic E-state index is 5.21. The van der Waals surface area contributed by atoms with Crippen LogP contribution in [0.1, 0.15) is 39.1 Å². The SMILES string of the molecule is CC(C)Nc1nc(C(C)(C)c2ccccc2)no1. The largest absolute Gasteiger partial charge is 0.336 e.